The van der Waals surface area contributed by atoms with Gasteiger partial charge in [0.25, 0.3) is 0 Å². The maximum absolute atomic E-state index is 12.3. The SMILES string of the molecule is CC1(C(=O)NCCNc2ccc3ccccc3n2)CCOCC1. The lowest BCUT2D eigenvalue weighted by atomic mass is 9.81. The monoisotopic (exact) mass is 313 g/mol. The number of fused-ring (bicyclic) bond motifs is 1. The first-order valence-corrected chi connectivity index (χ1v) is 8.13. The van der Waals surface area contributed by atoms with Crippen LogP contribution in [0.5, 0.6) is 0 Å². The third-order valence-electron chi connectivity index (χ3n) is 4.46. The number of hydrogen-bond acceptors (Lipinski definition) is 4. The van der Waals surface area contributed by atoms with Crippen LogP contribution in [0.3, 0.4) is 0 Å². The van der Waals surface area contributed by atoms with Crippen molar-refractivity contribution in [2.24, 2.45) is 5.41 Å². The topological polar surface area (TPSA) is 63.2 Å². The Morgan fingerprint density at radius 2 is 1.96 bits per heavy atom. The number of benzene rings is 1. The smallest absolute Gasteiger partial charge is 0.226 e. The molecule has 1 aliphatic heterocycles. The second kappa shape index (κ2) is 6.96. The van der Waals surface area contributed by atoms with E-state index in [2.05, 4.69) is 15.6 Å². The molecule has 2 aromatic rings. The van der Waals surface area contributed by atoms with Crippen LogP contribution < -0.4 is 10.6 Å². The predicted octanol–water partition coefficient (Wildman–Crippen LogP) is 2.58. The molecule has 0 unspecified atom stereocenters. The Morgan fingerprint density at radius 1 is 1.17 bits per heavy atom. The maximum Gasteiger partial charge on any atom is 0.226 e. The molecule has 1 aromatic carbocycles. The molecule has 1 amide bonds. The predicted molar refractivity (Wildman–Crippen MR) is 91.4 cm³/mol. The lowest BCUT2D eigenvalue weighted by Crippen LogP contribution is -2.43. The summed E-state index contributed by atoms with van der Waals surface area (Å²) in [5, 5.41) is 7.40. The third kappa shape index (κ3) is 3.79. The number of nitrogens with zero attached hydrogens (tertiary/aromatic N) is 1. The Labute approximate surface area is 136 Å². The molecule has 2 N–H and O–H groups in total. The minimum atomic E-state index is -0.292. The van der Waals surface area contributed by atoms with E-state index in [4.69, 9.17) is 4.74 Å². The molecule has 0 aliphatic carbocycles. The van der Waals surface area contributed by atoms with E-state index in [1.807, 2.05) is 43.3 Å². The fourth-order valence-corrected chi connectivity index (χ4v) is 2.79. The number of nitrogens with one attached hydrogen (secondary N) is 2. The van der Waals surface area contributed by atoms with Crippen LogP contribution in [0.4, 0.5) is 5.82 Å². The minimum Gasteiger partial charge on any atom is -0.381 e. The number of carbonyl (C=O) groups is 1. The second-order valence-electron chi connectivity index (χ2n) is 6.24. The second-order valence-corrected chi connectivity index (χ2v) is 6.24. The zero-order chi connectivity index (χ0) is 16.1. The normalized spacial score (nSPS) is 16.9. The van der Waals surface area contributed by atoms with Gasteiger partial charge in [0, 0.05) is 31.7 Å². The van der Waals surface area contributed by atoms with Gasteiger partial charge < -0.3 is 15.4 Å². The van der Waals surface area contributed by atoms with Crippen LogP contribution in [0.2, 0.25) is 0 Å². The van der Waals surface area contributed by atoms with Crippen LogP contribution in [0, 0.1) is 5.41 Å². The molecule has 2 heterocycles. The van der Waals surface area contributed by atoms with Gasteiger partial charge in [-0.05, 0) is 31.0 Å². The van der Waals surface area contributed by atoms with Crippen molar-refractivity contribution in [2.75, 3.05) is 31.6 Å². The van der Waals surface area contributed by atoms with E-state index in [1.165, 1.54) is 0 Å². The van der Waals surface area contributed by atoms with Crippen molar-refractivity contribution in [3.05, 3.63) is 36.4 Å². The van der Waals surface area contributed by atoms with Gasteiger partial charge in [0.1, 0.15) is 5.82 Å². The molecule has 5 heteroatoms. The molecule has 3 rings (SSSR count). The van der Waals surface area contributed by atoms with Crippen molar-refractivity contribution in [3.8, 4) is 0 Å². The highest BCUT2D eigenvalue weighted by Crippen LogP contribution is 2.29. The van der Waals surface area contributed by atoms with Gasteiger partial charge >= 0.3 is 0 Å². The molecular formula is C18H23N3O2. The number of aromatic nitrogens is 1. The molecule has 1 fully saturated rings. The number of pyridine rings is 1. The van der Waals surface area contributed by atoms with Crippen molar-refractivity contribution < 1.29 is 9.53 Å². The zero-order valence-corrected chi connectivity index (χ0v) is 13.5. The number of anilines is 1. The van der Waals surface area contributed by atoms with E-state index in [9.17, 15) is 4.79 Å². The Kier molecular flexibility index (Phi) is 4.76. The van der Waals surface area contributed by atoms with Gasteiger partial charge in [-0.2, -0.15) is 0 Å². The summed E-state index contributed by atoms with van der Waals surface area (Å²) in [7, 11) is 0. The third-order valence-corrected chi connectivity index (χ3v) is 4.46. The number of rotatable bonds is 5. The Hall–Kier alpha value is -2.14. The average molecular weight is 313 g/mol. The first-order chi connectivity index (χ1) is 11.2. The summed E-state index contributed by atoms with van der Waals surface area (Å²) < 4.78 is 5.33. The molecule has 0 bridgehead atoms. The molecule has 0 radical (unpaired) electrons. The van der Waals surface area contributed by atoms with Crippen LogP contribution in [0.1, 0.15) is 19.8 Å². The van der Waals surface area contributed by atoms with Crippen molar-refractivity contribution >= 4 is 22.6 Å². The van der Waals surface area contributed by atoms with Gasteiger partial charge in [-0.15, -0.1) is 0 Å². The first-order valence-electron chi connectivity index (χ1n) is 8.13. The van der Waals surface area contributed by atoms with E-state index < -0.39 is 0 Å². The first kappa shape index (κ1) is 15.7. The van der Waals surface area contributed by atoms with E-state index in [1.54, 1.807) is 0 Å². The van der Waals surface area contributed by atoms with Crippen LogP contribution in [0.25, 0.3) is 10.9 Å². The summed E-state index contributed by atoms with van der Waals surface area (Å²) in [6.45, 7) is 4.60. The quantitative estimate of drug-likeness (QED) is 0.833. The van der Waals surface area contributed by atoms with Crippen molar-refractivity contribution in [2.45, 2.75) is 19.8 Å². The summed E-state index contributed by atoms with van der Waals surface area (Å²) >= 11 is 0. The molecular weight excluding hydrogens is 290 g/mol. The van der Waals surface area contributed by atoms with Gasteiger partial charge in [-0.1, -0.05) is 25.1 Å². The standard InChI is InChI=1S/C18H23N3O2/c1-18(8-12-23-13-9-18)17(22)20-11-10-19-16-7-6-14-4-2-3-5-15(14)21-16/h2-7H,8-13H2,1H3,(H,19,21)(H,20,22). The maximum atomic E-state index is 12.3. The summed E-state index contributed by atoms with van der Waals surface area (Å²) in [5.74, 6) is 0.948. The van der Waals surface area contributed by atoms with Crippen molar-refractivity contribution in [1.82, 2.24) is 10.3 Å². The van der Waals surface area contributed by atoms with Gasteiger partial charge in [0.2, 0.25) is 5.91 Å². The van der Waals surface area contributed by atoms with Gasteiger partial charge in [-0.25, -0.2) is 4.98 Å². The summed E-state index contributed by atoms with van der Waals surface area (Å²) in [6.07, 6.45) is 1.58. The largest absolute Gasteiger partial charge is 0.381 e. The van der Waals surface area contributed by atoms with Gasteiger partial charge in [0.05, 0.1) is 10.9 Å². The molecule has 5 nitrogen and oxygen atoms in total. The highest BCUT2D eigenvalue weighted by molar-refractivity contribution is 5.82. The fraction of sp³-hybridized carbons (Fsp3) is 0.444. The van der Waals surface area contributed by atoms with Crippen molar-refractivity contribution in [3.63, 3.8) is 0 Å². The number of hydrogen-bond donors (Lipinski definition) is 2. The number of carbonyl (C=O) groups excluding carboxylic acids is 1. The number of para-hydroxylation sites is 1. The van der Waals surface area contributed by atoms with Crippen molar-refractivity contribution in [1.29, 1.82) is 0 Å². The molecule has 0 saturated carbocycles. The Bertz CT molecular complexity index is 681. The average Bonchev–Trinajstić information content (AvgIpc) is 2.59. The Balaban J connectivity index is 1.48. The number of ether oxygens (including phenoxy) is 1. The molecule has 23 heavy (non-hydrogen) atoms. The zero-order valence-electron chi connectivity index (χ0n) is 13.5. The van der Waals surface area contributed by atoms with E-state index >= 15 is 0 Å². The van der Waals surface area contributed by atoms with Gasteiger partial charge in [0.15, 0.2) is 0 Å². The lowest BCUT2D eigenvalue weighted by molar-refractivity contribution is -0.135. The molecule has 0 atom stereocenters. The highest BCUT2D eigenvalue weighted by Gasteiger charge is 2.34. The van der Waals surface area contributed by atoms with Gasteiger partial charge in [-0.3, -0.25) is 4.79 Å². The lowest BCUT2D eigenvalue weighted by Gasteiger charge is -2.32. The molecule has 1 saturated heterocycles. The van der Waals surface area contributed by atoms with Crippen LogP contribution >= 0.6 is 0 Å². The van der Waals surface area contributed by atoms with E-state index in [0.29, 0.717) is 26.3 Å². The molecule has 122 valence electrons. The number of amides is 1. The van der Waals surface area contributed by atoms with Crippen LogP contribution in [0.15, 0.2) is 36.4 Å². The van der Waals surface area contributed by atoms with Crippen LogP contribution in [-0.4, -0.2) is 37.2 Å². The van der Waals surface area contributed by atoms with Crippen LogP contribution in [-0.2, 0) is 9.53 Å². The molecule has 1 aliphatic rings. The summed E-state index contributed by atoms with van der Waals surface area (Å²) in [6, 6.07) is 12.0. The fourth-order valence-electron chi connectivity index (χ4n) is 2.79. The molecule has 0 spiro atoms. The van der Waals surface area contributed by atoms with E-state index in [-0.39, 0.29) is 11.3 Å². The summed E-state index contributed by atoms with van der Waals surface area (Å²) in [4.78, 5) is 16.9. The summed E-state index contributed by atoms with van der Waals surface area (Å²) in [5.41, 5.74) is 0.677. The Morgan fingerprint density at radius 3 is 2.78 bits per heavy atom. The molecule has 1 aromatic heterocycles. The highest BCUT2D eigenvalue weighted by atomic mass is 16.5. The minimum absolute atomic E-state index is 0.120. The van der Waals surface area contributed by atoms with E-state index in [0.717, 1.165) is 29.6 Å².